The van der Waals surface area contributed by atoms with Gasteiger partial charge in [-0.25, -0.2) is 0 Å². The summed E-state index contributed by atoms with van der Waals surface area (Å²) in [7, 11) is 0. The van der Waals surface area contributed by atoms with Gasteiger partial charge in [-0.3, -0.25) is 0 Å². The summed E-state index contributed by atoms with van der Waals surface area (Å²) in [4.78, 5) is 2.75. The molecule has 0 amide bonds. The summed E-state index contributed by atoms with van der Waals surface area (Å²) in [5.41, 5.74) is 7.47. The predicted molar refractivity (Wildman–Crippen MR) is 88.2 cm³/mol. The number of halogens is 1. The molecule has 106 valence electrons. The smallest absolute Gasteiger partial charge is 0.106 e. The molecule has 0 aliphatic carbocycles. The van der Waals surface area contributed by atoms with Crippen LogP contribution in [-0.4, -0.2) is 35.6 Å². The second kappa shape index (κ2) is 7.68. The molecule has 0 aliphatic rings. The average Bonchev–Trinajstić information content (AvgIpc) is 2.35. The molecule has 1 aromatic carbocycles. The Morgan fingerprint density at radius 3 is 2.58 bits per heavy atom. The molecule has 0 bridgehead atoms. The van der Waals surface area contributed by atoms with E-state index in [1.165, 1.54) is 0 Å². The number of nitrogens with two attached hydrogens (primary N) is 1. The van der Waals surface area contributed by atoms with Crippen LogP contribution >= 0.6 is 23.8 Å². The Balaban J connectivity index is 2.80. The van der Waals surface area contributed by atoms with Crippen LogP contribution in [0.4, 0.5) is 5.69 Å². The van der Waals surface area contributed by atoms with E-state index in [1.807, 2.05) is 12.1 Å². The highest BCUT2D eigenvalue weighted by Gasteiger charge is 2.11. The first-order chi connectivity index (χ1) is 8.97. The molecule has 0 spiro atoms. The van der Waals surface area contributed by atoms with E-state index in [1.54, 1.807) is 6.07 Å². The van der Waals surface area contributed by atoms with Crippen LogP contribution in [0.1, 0.15) is 26.3 Å². The SMILES string of the molecule is CCN(CC)CC(C)Nc1cc(Cl)ccc1C(N)=S. The molecule has 0 saturated heterocycles. The zero-order valence-electron chi connectivity index (χ0n) is 11.7. The fourth-order valence-corrected chi connectivity index (χ4v) is 2.38. The fraction of sp³-hybridized carbons (Fsp3) is 0.500. The third-order valence-electron chi connectivity index (χ3n) is 3.08. The summed E-state index contributed by atoms with van der Waals surface area (Å²) in [6, 6.07) is 5.83. The summed E-state index contributed by atoms with van der Waals surface area (Å²) in [6.45, 7) is 9.52. The highest BCUT2D eigenvalue weighted by atomic mass is 35.5. The standard InChI is InChI=1S/C14H22ClN3S/c1-4-18(5-2)9-10(3)17-13-8-11(15)6-7-12(13)14(16)19/h6-8,10,17H,4-5,9H2,1-3H3,(H2,16,19). The zero-order chi connectivity index (χ0) is 14.4. The van der Waals surface area contributed by atoms with Gasteiger partial charge in [-0.15, -0.1) is 0 Å². The molecule has 1 atom stereocenters. The van der Waals surface area contributed by atoms with Gasteiger partial charge in [-0.05, 0) is 38.2 Å². The van der Waals surface area contributed by atoms with Crippen molar-refractivity contribution < 1.29 is 0 Å². The lowest BCUT2D eigenvalue weighted by Crippen LogP contribution is -2.35. The highest BCUT2D eigenvalue weighted by molar-refractivity contribution is 7.80. The van der Waals surface area contributed by atoms with Crippen LogP contribution in [-0.2, 0) is 0 Å². The van der Waals surface area contributed by atoms with Gasteiger partial charge in [0.25, 0.3) is 0 Å². The van der Waals surface area contributed by atoms with Crippen molar-refractivity contribution in [2.24, 2.45) is 5.73 Å². The highest BCUT2D eigenvalue weighted by Crippen LogP contribution is 2.22. The fourth-order valence-electron chi connectivity index (χ4n) is 2.03. The van der Waals surface area contributed by atoms with E-state index in [0.717, 1.165) is 30.9 Å². The molecule has 0 heterocycles. The van der Waals surface area contributed by atoms with Crippen molar-refractivity contribution in [3.63, 3.8) is 0 Å². The Morgan fingerprint density at radius 1 is 1.42 bits per heavy atom. The second-order valence-corrected chi connectivity index (χ2v) is 5.46. The quantitative estimate of drug-likeness (QED) is 0.759. The van der Waals surface area contributed by atoms with Crippen LogP contribution in [0.3, 0.4) is 0 Å². The van der Waals surface area contributed by atoms with Crippen molar-refractivity contribution in [1.82, 2.24) is 4.90 Å². The Labute approximate surface area is 126 Å². The molecule has 1 aromatic rings. The number of hydrogen-bond donors (Lipinski definition) is 2. The minimum absolute atomic E-state index is 0.298. The number of nitrogens with one attached hydrogen (secondary N) is 1. The van der Waals surface area contributed by atoms with E-state index in [0.29, 0.717) is 16.1 Å². The maximum atomic E-state index is 6.03. The molecule has 1 unspecified atom stereocenters. The van der Waals surface area contributed by atoms with Crippen LogP contribution in [0.15, 0.2) is 18.2 Å². The molecule has 0 fully saturated rings. The first-order valence-electron chi connectivity index (χ1n) is 6.56. The van der Waals surface area contributed by atoms with Crippen molar-refractivity contribution in [1.29, 1.82) is 0 Å². The summed E-state index contributed by atoms with van der Waals surface area (Å²) in [5.74, 6) is 0. The summed E-state index contributed by atoms with van der Waals surface area (Å²) in [5, 5.41) is 4.12. The van der Waals surface area contributed by atoms with Crippen molar-refractivity contribution in [3.8, 4) is 0 Å². The average molecular weight is 300 g/mol. The molecule has 1 rings (SSSR count). The van der Waals surface area contributed by atoms with Gasteiger partial charge in [0.2, 0.25) is 0 Å². The third-order valence-corrected chi connectivity index (χ3v) is 3.53. The van der Waals surface area contributed by atoms with Crippen LogP contribution in [0.25, 0.3) is 0 Å². The molecule has 0 aliphatic heterocycles. The molecular formula is C14H22ClN3S. The van der Waals surface area contributed by atoms with Gasteiger partial charge < -0.3 is 16.0 Å². The van der Waals surface area contributed by atoms with E-state index >= 15 is 0 Å². The van der Waals surface area contributed by atoms with Crippen LogP contribution in [0.5, 0.6) is 0 Å². The van der Waals surface area contributed by atoms with Crippen molar-refractivity contribution in [2.45, 2.75) is 26.8 Å². The van der Waals surface area contributed by atoms with Gasteiger partial charge in [-0.1, -0.05) is 37.7 Å². The number of rotatable bonds is 7. The normalized spacial score (nSPS) is 12.5. The topological polar surface area (TPSA) is 41.3 Å². The lowest BCUT2D eigenvalue weighted by atomic mass is 10.1. The zero-order valence-corrected chi connectivity index (χ0v) is 13.3. The third kappa shape index (κ3) is 4.97. The second-order valence-electron chi connectivity index (χ2n) is 4.59. The van der Waals surface area contributed by atoms with E-state index in [4.69, 9.17) is 29.6 Å². The molecule has 0 saturated carbocycles. The number of benzene rings is 1. The lowest BCUT2D eigenvalue weighted by molar-refractivity contribution is 0.295. The van der Waals surface area contributed by atoms with Crippen LogP contribution < -0.4 is 11.1 Å². The molecule has 0 radical (unpaired) electrons. The lowest BCUT2D eigenvalue weighted by Gasteiger charge is -2.25. The summed E-state index contributed by atoms with van der Waals surface area (Å²) >= 11 is 11.1. The minimum atomic E-state index is 0.298. The predicted octanol–water partition coefficient (Wildman–Crippen LogP) is 3.12. The number of nitrogens with zero attached hydrogens (tertiary/aromatic N) is 1. The molecule has 19 heavy (non-hydrogen) atoms. The number of hydrogen-bond acceptors (Lipinski definition) is 3. The van der Waals surface area contributed by atoms with Gasteiger partial charge in [-0.2, -0.15) is 0 Å². The van der Waals surface area contributed by atoms with Crippen molar-refractivity contribution in [2.75, 3.05) is 25.0 Å². The summed E-state index contributed by atoms with van der Waals surface area (Å²) in [6.07, 6.45) is 0. The minimum Gasteiger partial charge on any atom is -0.389 e. The van der Waals surface area contributed by atoms with E-state index in [9.17, 15) is 0 Å². The van der Waals surface area contributed by atoms with Gasteiger partial charge >= 0.3 is 0 Å². The number of likely N-dealkylation sites (N-methyl/N-ethyl adjacent to an activating group) is 1. The van der Waals surface area contributed by atoms with Crippen molar-refractivity contribution >= 4 is 34.5 Å². The molecule has 5 heteroatoms. The number of thiocarbonyl (C=S) groups is 1. The van der Waals surface area contributed by atoms with Crippen LogP contribution in [0.2, 0.25) is 5.02 Å². The molecule has 3 nitrogen and oxygen atoms in total. The Bertz CT molecular complexity index is 433. The maximum Gasteiger partial charge on any atom is 0.106 e. The van der Waals surface area contributed by atoms with Crippen LogP contribution in [0, 0.1) is 0 Å². The van der Waals surface area contributed by atoms with Gasteiger partial charge in [0.05, 0.1) is 0 Å². The van der Waals surface area contributed by atoms with Crippen molar-refractivity contribution in [3.05, 3.63) is 28.8 Å². The van der Waals surface area contributed by atoms with Gasteiger partial charge in [0, 0.05) is 28.9 Å². The van der Waals surface area contributed by atoms with Gasteiger partial charge in [0.15, 0.2) is 0 Å². The first kappa shape index (κ1) is 16.2. The summed E-state index contributed by atoms with van der Waals surface area (Å²) < 4.78 is 0. The largest absolute Gasteiger partial charge is 0.389 e. The van der Waals surface area contributed by atoms with E-state index in [-0.39, 0.29) is 0 Å². The molecule has 0 aromatic heterocycles. The Morgan fingerprint density at radius 2 is 2.05 bits per heavy atom. The molecule has 3 N–H and O–H groups in total. The maximum absolute atomic E-state index is 6.03. The monoisotopic (exact) mass is 299 g/mol. The first-order valence-corrected chi connectivity index (χ1v) is 7.34. The molecular weight excluding hydrogens is 278 g/mol. The Hall–Kier alpha value is -0.840. The van der Waals surface area contributed by atoms with E-state index in [2.05, 4.69) is 31.0 Å². The van der Waals surface area contributed by atoms with E-state index < -0.39 is 0 Å². The number of anilines is 1. The Kier molecular flexibility index (Phi) is 6.55. The van der Waals surface area contributed by atoms with Gasteiger partial charge in [0.1, 0.15) is 4.99 Å².